The van der Waals surface area contributed by atoms with Gasteiger partial charge in [-0.1, -0.05) is 0 Å². The van der Waals surface area contributed by atoms with E-state index in [1.165, 1.54) is 0 Å². The second kappa shape index (κ2) is 7.10. The molecule has 3 rings (SSSR count). The molecule has 2 aromatic rings. The van der Waals surface area contributed by atoms with Crippen LogP contribution in [0.2, 0.25) is 0 Å². The lowest BCUT2D eigenvalue weighted by molar-refractivity contribution is 0.102. The van der Waals surface area contributed by atoms with Gasteiger partial charge in [0, 0.05) is 32.4 Å². The highest BCUT2D eigenvalue weighted by molar-refractivity contribution is 6.07. The van der Waals surface area contributed by atoms with Crippen LogP contribution in [0.25, 0.3) is 0 Å². The van der Waals surface area contributed by atoms with Gasteiger partial charge in [-0.05, 0) is 31.3 Å². The number of hydrogen-bond donors (Lipinski definition) is 1. The van der Waals surface area contributed by atoms with Gasteiger partial charge in [0.2, 0.25) is 0 Å². The van der Waals surface area contributed by atoms with Crippen LogP contribution in [0.1, 0.15) is 10.4 Å². The van der Waals surface area contributed by atoms with Gasteiger partial charge >= 0.3 is 0 Å². The van der Waals surface area contributed by atoms with E-state index in [0.717, 1.165) is 25.2 Å². The van der Waals surface area contributed by atoms with Gasteiger partial charge in [-0.3, -0.25) is 4.79 Å². The lowest BCUT2D eigenvalue weighted by atomic mass is 10.2. The minimum atomic E-state index is -1.62. The zero-order chi connectivity index (χ0) is 18.0. The highest BCUT2D eigenvalue weighted by atomic mass is 19.2. The summed E-state index contributed by atoms with van der Waals surface area (Å²) in [4.78, 5) is 20.9. The van der Waals surface area contributed by atoms with Crippen molar-refractivity contribution in [3.8, 4) is 0 Å². The Hall–Kier alpha value is -2.61. The van der Waals surface area contributed by atoms with Crippen molar-refractivity contribution >= 4 is 17.4 Å². The normalized spacial score (nSPS) is 15.3. The summed E-state index contributed by atoms with van der Waals surface area (Å²) in [6.45, 7) is 3.06. The molecule has 1 amide bonds. The van der Waals surface area contributed by atoms with E-state index in [1.807, 2.05) is 11.9 Å². The highest BCUT2D eigenvalue weighted by Gasteiger charge is 2.22. The number of carbonyl (C=O) groups is 1. The Balaban J connectivity index is 1.85. The van der Waals surface area contributed by atoms with Crippen LogP contribution >= 0.6 is 0 Å². The van der Waals surface area contributed by atoms with E-state index in [-0.39, 0.29) is 5.56 Å². The molecule has 0 aliphatic carbocycles. The summed E-state index contributed by atoms with van der Waals surface area (Å²) in [5.41, 5.74) is -0.173. The largest absolute Gasteiger partial charge is 0.353 e. The smallest absolute Gasteiger partial charge is 0.259 e. The first kappa shape index (κ1) is 17.2. The molecule has 0 radical (unpaired) electrons. The fraction of sp³-hybridized carbons (Fsp3) is 0.294. The molecule has 1 aliphatic rings. The predicted octanol–water partition coefficient (Wildman–Crippen LogP) is 2.50. The standard InChI is InChI=1S/C17H17F3N4O/c1-23-7-9-24(10-8-23)16-11(3-2-6-21-16)17(25)22-13-5-4-12(18)14(19)15(13)20/h2-6H,7-10H2,1H3,(H,22,25). The molecule has 1 fully saturated rings. The summed E-state index contributed by atoms with van der Waals surface area (Å²) < 4.78 is 40.1. The van der Waals surface area contributed by atoms with E-state index >= 15 is 0 Å². The van der Waals surface area contributed by atoms with Crippen LogP contribution in [0.4, 0.5) is 24.7 Å². The summed E-state index contributed by atoms with van der Waals surface area (Å²) in [7, 11) is 2.01. The Morgan fingerprint density at radius 2 is 1.80 bits per heavy atom. The molecule has 8 heteroatoms. The lowest BCUT2D eigenvalue weighted by Crippen LogP contribution is -2.45. The van der Waals surface area contributed by atoms with Crippen molar-refractivity contribution < 1.29 is 18.0 Å². The predicted molar refractivity (Wildman–Crippen MR) is 88.2 cm³/mol. The van der Waals surface area contributed by atoms with Crippen LogP contribution < -0.4 is 10.2 Å². The molecule has 1 aromatic carbocycles. The molecular formula is C17H17F3N4O. The van der Waals surface area contributed by atoms with Crippen LogP contribution in [0.15, 0.2) is 30.5 Å². The lowest BCUT2D eigenvalue weighted by Gasteiger charge is -2.34. The number of amides is 1. The average molecular weight is 350 g/mol. The number of rotatable bonds is 3. The monoisotopic (exact) mass is 350 g/mol. The van der Waals surface area contributed by atoms with E-state index in [1.54, 1.807) is 18.3 Å². The SMILES string of the molecule is CN1CCN(c2ncccc2C(=O)Nc2ccc(F)c(F)c2F)CC1. The average Bonchev–Trinajstić information content (AvgIpc) is 2.63. The molecular weight excluding hydrogens is 333 g/mol. The van der Waals surface area contributed by atoms with E-state index in [2.05, 4.69) is 15.2 Å². The molecule has 5 nitrogen and oxygen atoms in total. The Morgan fingerprint density at radius 1 is 1.08 bits per heavy atom. The van der Waals surface area contributed by atoms with Crippen LogP contribution in [-0.4, -0.2) is 49.0 Å². The fourth-order valence-electron chi connectivity index (χ4n) is 2.66. The third-order valence-corrected chi connectivity index (χ3v) is 4.12. The molecule has 1 saturated heterocycles. The summed E-state index contributed by atoms with van der Waals surface area (Å²) in [6, 6.07) is 4.90. The molecule has 0 unspecified atom stereocenters. The molecule has 1 N–H and O–H groups in total. The van der Waals surface area contributed by atoms with E-state index in [4.69, 9.17) is 0 Å². The molecule has 0 spiro atoms. The van der Waals surface area contributed by atoms with Crippen molar-refractivity contribution in [2.45, 2.75) is 0 Å². The molecule has 1 aromatic heterocycles. The number of benzene rings is 1. The van der Waals surface area contributed by atoms with Crippen molar-refractivity contribution in [1.29, 1.82) is 0 Å². The number of hydrogen-bond acceptors (Lipinski definition) is 4. The number of piperazine rings is 1. The van der Waals surface area contributed by atoms with E-state index in [9.17, 15) is 18.0 Å². The number of anilines is 2. The van der Waals surface area contributed by atoms with Crippen molar-refractivity contribution in [3.05, 3.63) is 53.5 Å². The highest BCUT2D eigenvalue weighted by Crippen LogP contribution is 2.23. The minimum absolute atomic E-state index is 0.246. The maximum Gasteiger partial charge on any atom is 0.259 e. The molecule has 2 heterocycles. The van der Waals surface area contributed by atoms with Crippen LogP contribution in [0, 0.1) is 17.5 Å². The second-order valence-electron chi connectivity index (χ2n) is 5.84. The number of aromatic nitrogens is 1. The zero-order valence-electron chi connectivity index (χ0n) is 13.6. The maximum atomic E-state index is 13.8. The quantitative estimate of drug-likeness (QED) is 0.864. The van der Waals surface area contributed by atoms with Crippen molar-refractivity contribution in [3.63, 3.8) is 0 Å². The van der Waals surface area contributed by atoms with E-state index in [0.29, 0.717) is 18.9 Å². The van der Waals surface area contributed by atoms with Crippen molar-refractivity contribution in [1.82, 2.24) is 9.88 Å². The molecule has 25 heavy (non-hydrogen) atoms. The summed E-state index contributed by atoms with van der Waals surface area (Å²) in [5.74, 6) is -4.51. The van der Waals surface area contributed by atoms with Crippen molar-refractivity contribution in [2.24, 2.45) is 0 Å². The summed E-state index contributed by atoms with van der Waals surface area (Å²) in [6.07, 6.45) is 1.57. The van der Waals surface area contributed by atoms with Gasteiger partial charge < -0.3 is 15.1 Å². The topological polar surface area (TPSA) is 48.5 Å². The molecule has 0 saturated carbocycles. The second-order valence-corrected chi connectivity index (χ2v) is 5.84. The Morgan fingerprint density at radius 3 is 2.52 bits per heavy atom. The van der Waals surface area contributed by atoms with Crippen LogP contribution in [0.5, 0.6) is 0 Å². The van der Waals surface area contributed by atoms with Gasteiger partial charge in [-0.2, -0.15) is 0 Å². The van der Waals surface area contributed by atoms with Crippen LogP contribution in [-0.2, 0) is 0 Å². The summed E-state index contributed by atoms with van der Waals surface area (Å²) >= 11 is 0. The number of nitrogens with one attached hydrogen (secondary N) is 1. The number of likely N-dealkylation sites (N-methyl/N-ethyl adjacent to an activating group) is 1. The Labute approximate surface area is 143 Å². The Bertz CT molecular complexity index is 791. The number of pyridine rings is 1. The van der Waals surface area contributed by atoms with Gasteiger partial charge in [0.25, 0.3) is 5.91 Å². The third-order valence-electron chi connectivity index (χ3n) is 4.12. The first-order chi connectivity index (χ1) is 12.0. The fourth-order valence-corrected chi connectivity index (χ4v) is 2.66. The molecule has 132 valence electrons. The van der Waals surface area contributed by atoms with Crippen LogP contribution in [0.3, 0.4) is 0 Å². The zero-order valence-corrected chi connectivity index (χ0v) is 13.6. The summed E-state index contributed by atoms with van der Waals surface area (Å²) in [5, 5.41) is 2.29. The maximum absolute atomic E-state index is 13.8. The van der Waals surface area contributed by atoms with Gasteiger partial charge in [-0.25, -0.2) is 18.2 Å². The van der Waals surface area contributed by atoms with E-state index < -0.39 is 29.0 Å². The number of halogens is 3. The van der Waals surface area contributed by atoms with Gasteiger partial charge in [-0.15, -0.1) is 0 Å². The minimum Gasteiger partial charge on any atom is -0.353 e. The number of nitrogens with zero attached hydrogens (tertiary/aromatic N) is 3. The first-order valence-electron chi connectivity index (χ1n) is 7.80. The van der Waals surface area contributed by atoms with Gasteiger partial charge in [0.15, 0.2) is 17.5 Å². The molecule has 1 aliphatic heterocycles. The first-order valence-corrected chi connectivity index (χ1v) is 7.80. The molecule has 0 bridgehead atoms. The Kier molecular flexibility index (Phi) is 4.89. The number of carbonyl (C=O) groups excluding carboxylic acids is 1. The van der Waals surface area contributed by atoms with Gasteiger partial charge in [0.05, 0.1) is 11.3 Å². The molecule has 0 atom stereocenters. The third kappa shape index (κ3) is 3.58. The van der Waals surface area contributed by atoms with Gasteiger partial charge in [0.1, 0.15) is 5.82 Å². The van der Waals surface area contributed by atoms with Crippen molar-refractivity contribution in [2.75, 3.05) is 43.4 Å².